The van der Waals surface area contributed by atoms with Crippen LogP contribution in [0.1, 0.15) is 49.0 Å². The predicted octanol–water partition coefficient (Wildman–Crippen LogP) is 3.73. The highest BCUT2D eigenvalue weighted by Gasteiger charge is 2.41. The van der Waals surface area contributed by atoms with Gasteiger partial charge in [-0.1, -0.05) is 30.3 Å². The Morgan fingerprint density at radius 1 is 1.16 bits per heavy atom. The molecule has 1 saturated heterocycles. The van der Waals surface area contributed by atoms with E-state index in [0.29, 0.717) is 12.1 Å². The number of carbonyl (C=O) groups excluding carboxylic acids is 1. The van der Waals surface area contributed by atoms with Gasteiger partial charge in [-0.2, -0.15) is 0 Å². The monoisotopic (exact) mass is 338 g/mol. The van der Waals surface area contributed by atoms with Crippen LogP contribution in [0.2, 0.25) is 0 Å². The van der Waals surface area contributed by atoms with Crippen LogP contribution >= 0.6 is 0 Å². The average Bonchev–Trinajstić information content (AvgIpc) is 2.62. The second-order valence-corrected chi connectivity index (χ2v) is 7.42. The molecule has 2 heterocycles. The predicted molar refractivity (Wildman–Crippen MR) is 98.6 cm³/mol. The normalized spacial score (nSPS) is 22.3. The molecule has 0 spiro atoms. The maximum Gasteiger partial charge on any atom is 0.251 e. The van der Waals surface area contributed by atoms with E-state index in [4.69, 9.17) is 4.74 Å². The van der Waals surface area contributed by atoms with Gasteiger partial charge in [0.05, 0.1) is 5.60 Å². The molecule has 25 heavy (non-hydrogen) atoms. The highest BCUT2D eigenvalue weighted by Crippen LogP contribution is 2.43. The summed E-state index contributed by atoms with van der Waals surface area (Å²) in [5.41, 5.74) is 1.87. The fourth-order valence-electron chi connectivity index (χ4n) is 3.89. The number of hydrogen-bond donors (Lipinski definition) is 1. The second kappa shape index (κ2) is 7.36. The van der Waals surface area contributed by atoms with Crippen molar-refractivity contribution in [3.8, 4) is 0 Å². The van der Waals surface area contributed by atoms with E-state index in [-0.39, 0.29) is 16.9 Å². The third-order valence-electron chi connectivity index (χ3n) is 5.06. The van der Waals surface area contributed by atoms with Gasteiger partial charge in [-0.05, 0) is 50.8 Å². The first kappa shape index (κ1) is 17.6. The standard InChI is InChI=1S/C21H26N2O2/c1-20(2)16-21(11-15-25-20,18-6-4-3-5-7-18)10-14-23-19(24)17-8-12-22-13-9-17/h3-9,12-13H,10-11,14-16H2,1-2H3,(H,23,24)/t21-/m0/s1. The molecule has 1 aliphatic heterocycles. The average molecular weight is 338 g/mol. The fraction of sp³-hybridized carbons (Fsp3) is 0.429. The molecule has 1 aromatic heterocycles. The molecule has 1 fully saturated rings. The summed E-state index contributed by atoms with van der Waals surface area (Å²) < 4.78 is 5.94. The molecule has 0 aliphatic carbocycles. The minimum Gasteiger partial charge on any atom is -0.376 e. The van der Waals surface area contributed by atoms with Crippen LogP contribution in [0, 0.1) is 0 Å². The Bertz CT molecular complexity index is 700. The molecule has 4 nitrogen and oxygen atoms in total. The lowest BCUT2D eigenvalue weighted by molar-refractivity contribution is -0.0838. The lowest BCUT2D eigenvalue weighted by Gasteiger charge is -2.45. The summed E-state index contributed by atoms with van der Waals surface area (Å²) in [7, 11) is 0. The lowest BCUT2D eigenvalue weighted by atomic mass is 9.67. The van der Waals surface area contributed by atoms with E-state index in [9.17, 15) is 4.79 Å². The molecule has 3 rings (SSSR count). The van der Waals surface area contributed by atoms with Crippen LogP contribution in [-0.4, -0.2) is 29.6 Å². The van der Waals surface area contributed by atoms with Crippen LogP contribution in [0.3, 0.4) is 0 Å². The lowest BCUT2D eigenvalue weighted by Crippen LogP contribution is -2.45. The van der Waals surface area contributed by atoms with E-state index < -0.39 is 0 Å². The Hall–Kier alpha value is -2.20. The summed E-state index contributed by atoms with van der Waals surface area (Å²) in [5, 5.41) is 3.06. The quantitative estimate of drug-likeness (QED) is 0.904. The number of ether oxygens (including phenoxy) is 1. The molecule has 0 radical (unpaired) electrons. The van der Waals surface area contributed by atoms with Crippen LogP contribution in [0.5, 0.6) is 0 Å². The fourth-order valence-corrected chi connectivity index (χ4v) is 3.89. The molecule has 1 N–H and O–H groups in total. The number of nitrogens with zero attached hydrogens (tertiary/aromatic N) is 1. The van der Waals surface area contributed by atoms with Gasteiger partial charge >= 0.3 is 0 Å². The number of nitrogens with one attached hydrogen (secondary N) is 1. The van der Waals surface area contributed by atoms with Gasteiger partial charge in [0.15, 0.2) is 0 Å². The Kier molecular flexibility index (Phi) is 5.19. The van der Waals surface area contributed by atoms with Crippen molar-refractivity contribution in [3.63, 3.8) is 0 Å². The molecular formula is C21H26N2O2. The first-order chi connectivity index (χ1) is 12.0. The summed E-state index contributed by atoms with van der Waals surface area (Å²) in [6.45, 7) is 5.70. The number of hydrogen-bond acceptors (Lipinski definition) is 3. The summed E-state index contributed by atoms with van der Waals surface area (Å²) in [6.07, 6.45) is 6.12. The van der Waals surface area contributed by atoms with Crippen LogP contribution in [-0.2, 0) is 10.2 Å². The minimum atomic E-state index is -0.150. The first-order valence-corrected chi connectivity index (χ1v) is 8.89. The summed E-state index contributed by atoms with van der Waals surface area (Å²) in [5.74, 6) is -0.0445. The number of amides is 1. The zero-order chi connectivity index (χ0) is 17.8. The van der Waals surface area contributed by atoms with Gasteiger partial charge in [0, 0.05) is 36.5 Å². The topological polar surface area (TPSA) is 51.2 Å². The summed E-state index contributed by atoms with van der Waals surface area (Å²) in [6, 6.07) is 14.1. The third kappa shape index (κ3) is 4.26. The van der Waals surface area contributed by atoms with Crippen molar-refractivity contribution in [2.75, 3.05) is 13.2 Å². The van der Waals surface area contributed by atoms with Crippen LogP contribution in [0.15, 0.2) is 54.9 Å². The number of aromatic nitrogens is 1. The number of carbonyl (C=O) groups is 1. The van der Waals surface area contributed by atoms with E-state index in [1.807, 2.05) is 6.07 Å². The molecule has 4 heteroatoms. The number of pyridine rings is 1. The van der Waals surface area contributed by atoms with Gasteiger partial charge in [-0.3, -0.25) is 9.78 Å². The number of benzene rings is 1. The Morgan fingerprint density at radius 2 is 1.88 bits per heavy atom. The molecule has 0 unspecified atom stereocenters. The molecule has 1 aromatic carbocycles. The second-order valence-electron chi connectivity index (χ2n) is 7.42. The SMILES string of the molecule is CC1(C)C[C@@](CCNC(=O)c2ccncc2)(c2ccccc2)CCO1. The van der Waals surface area contributed by atoms with Gasteiger partial charge in [0.1, 0.15) is 0 Å². The molecule has 2 aromatic rings. The molecule has 0 saturated carbocycles. The van der Waals surface area contributed by atoms with E-state index in [1.165, 1.54) is 5.56 Å². The van der Waals surface area contributed by atoms with E-state index >= 15 is 0 Å². The largest absolute Gasteiger partial charge is 0.376 e. The zero-order valence-corrected chi connectivity index (χ0v) is 15.0. The highest BCUT2D eigenvalue weighted by molar-refractivity contribution is 5.93. The maximum atomic E-state index is 12.3. The van der Waals surface area contributed by atoms with Gasteiger partial charge in [0.25, 0.3) is 5.91 Å². The summed E-state index contributed by atoms with van der Waals surface area (Å²) >= 11 is 0. The Labute approximate surface area is 149 Å². The van der Waals surface area contributed by atoms with E-state index in [2.05, 4.69) is 48.4 Å². The van der Waals surface area contributed by atoms with Crippen LogP contribution < -0.4 is 5.32 Å². The van der Waals surface area contributed by atoms with Gasteiger partial charge in [-0.25, -0.2) is 0 Å². The van der Waals surface area contributed by atoms with Crippen molar-refractivity contribution in [2.45, 2.75) is 44.1 Å². The van der Waals surface area contributed by atoms with Crippen molar-refractivity contribution in [2.24, 2.45) is 0 Å². The molecule has 132 valence electrons. The minimum absolute atomic E-state index is 0.0362. The smallest absolute Gasteiger partial charge is 0.251 e. The highest BCUT2D eigenvalue weighted by atomic mass is 16.5. The Balaban J connectivity index is 1.72. The van der Waals surface area contributed by atoms with Gasteiger partial charge in [-0.15, -0.1) is 0 Å². The molecule has 1 atom stereocenters. The van der Waals surface area contributed by atoms with Crippen molar-refractivity contribution in [3.05, 3.63) is 66.0 Å². The molecule has 0 bridgehead atoms. The van der Waals surface area contributed by atoms with Crippen LogP contribution in [0.25, 0.3) is 0 Å². The van der Waals surface area contributed by atoms with Gasteiger partial charge < -0.3 is 10.1 Å². The van der Waals surface area contributed by atoms with Gasteiger partial charge in [0.2, 0.25) is 0 Å². The number of rotatable bonds is 5. The van der Waals surface area contributed by atoms with E-state index in [0.717, 1.165) is 25.9 Å². The van der Waals surface area contributed by atoms with Crippen LogP contribution in [0.4, 0.5) is 0 Å². The Morgan fingerprint density at radius 3 is 2.56 bits per heavy atom. The summed E-state index contributed by atoms with van der Waals surface area (Å²) in [4.78, 5) is 16.2. The zero-order valence-electron chi connectivity index (χ0n) is 15.0. The third-order valence-corrected chi connectivity index (χ3v) is 5.06. The van der Waals surface area contributed by atoms with Crippen molar-refractivity contribution >= 4 is 5.91 Å². The van der Waals surface area contributed by atoms with Crippen molar-refractivity contribution in [1.29, 1.82) is 0 Å². The van der Waals surface area contributed by atoms with E-state index in [1.54, 1.807) is 24.5 Å². The van der Waals surface area contributed by atoms with Crippen molar-refractivity contribution < 1.29 is 9.53 Å². The molecular weight excluding hydrogens is 312 g/mol. The molecule has 1 aliphatic rings. The molecule has 1 amide bonds. The maximum absolute atomic E-state index is 12.3. The van der Waals surface area contributed by atoms with Crippen molar-refractivity contribution in [1.82, 2.24) is 10.3 Å². The first-order valence-electron chi connectivity index (χ1n) is 8.89.